The second-order valence-electron chi connectivity index (χ2n) is 10.2. The van der Waals surface area contributed by atoms with Crippen LogP contribution < -0.4 is 4.90 Å². The van der Waals surface area contributed by atoms with E-state index < -0.39 is 11.7 Å². The highest BCUT2D eigenvalue weighted by molar-refractivity contribution is 5.94. The number of alkyl halides is 3. The number of hydrogen-bond donors (Lipinski definition) is 0. The highest BCUT2D eigenvalue weighted by Crippen LogP contribution is 2.37. The van der Waals surface area contributed by atoms with E-state index in [1.54, 1.807) is 6.07 Å². The Kier molecular flexibility index (Phi) is 7.24. The average Bonchev–Trinajstić information content (AvgIpc) is 3.32. The molecule has 0 radical (unpaired) electrons. The van der Waals surface area contributed by atoms with Crippen molar-refractivity contribution < 1.29 is 18.0 Å². The van der Waals surface area contributed by atoms with Crippen LogP contribution in [0.2, 0.25) is 0 Å². The quantitative estimate of drug-likeness (QED) is 0.444. The SMILES string of the molecule is Cc1cccc(C(=O)N2CC(CN3CCN(c4ccccc4)CC3)C(c3cccc(C(F)(F)F)c3)C2)c1. The van der Waals surface area contributed by atoms with Gasteiger partial charge in [-0.1, -0.05) is 54.1 Å². The second kappa shape index (κ2) is 10.6. The van der Waals surface area contributed by atoms with E-state index in [4.69, 9.17) is 0 Å². The first-order chi connectivity index (χ1) is 17.8. The van der Waals surface area contributed by atoms with Crippen molar-refractivity contribution in [3.05, 3.63) is 101 Å². The number of hydrogen-bond acceptors (Lipinski definition) is 3. The Labute approximate surface area is 216 Å². The van der Waals surface area contributed by atoms with E-state index in [0.717, 1.165) is 44.4 Å². The van der Waals surface area contributed by atoms with Gasteiger partial charge in [-0.05, 0) is 48.7 Å². The summed E-state index contributed by atoms with van der Waals surface area (Å²) in [5.41, 5.74) is 2.86. The number of aryl methyl sites for hydroxylation is 1. The lowest BCUT2D eigenvalue weighted by Crippen LogP contribution is -2.48. The van der Waals surface area contributed by atoms with Crippen molar-refractivity contribution in [1.29, 1.82) is 0 Å². The fourth-order valence-electron chi connectivity index (χ4n) is 5.67. The number of nitrogens with zero attached hydrogens (tertiary/aromatic N) is 3. The van der Waals surface area contributed by atoms with Gasteiger partial charge in [0.05, 0.1) is 5.56 Å². The zero-order chi connectivity index (χ0) is 26.0. The van der Waals surface area contributed by atoms with Gasteiger partial charge in [0.25, 0.3) is 5.91 Å². The van der Waals surface area contributed by atoms with Crippen LogP contribution in [-0.2, 0) is 6.18 Å². The molecule has 0 saturated carbocycles. The van der Waals surface area contributed by atoms with Crippen LogP contribution >= 0.6 is 0 Å². The van der Waals surface area contributed by atoms with Crippen molar-refractivity contribution in [2.45, 2.75) is 19.0 Å². The molecule has 0 aromatic heterocycles. The van der Waals surface area contributed by atoms with Crippen molar-refractivity contribution in [3.63, 3.8) is 0 Å². The van der Waals surface area contributed by atoms with E-state index in [2.05, 4.69) is 21.9 Å². The minimum absolute atomic E-state index is 0.0560. The van der Waals surface area contributed by atoms with Crippen molar-refractivity contribution in [3.8, 4) is 0 Å². The van der Waals surface area contributed by atoms with Gasteiger partial charge in [-0.15, -0.1) is 0 Å². The summed E-state index contributed by atoms with van der Waals surface area (Å²) in [4.78, 5) is 19.9. The summed E-state index contributed by atoms with van der Waals surface area (Å²) in [6, 6.07) is 23.5. The van der Waals surface area contributed by atoms with Crippen LogP contribution in [0, 0.1) is 12.8 Å². The highest BCUT2D eigenvalue weighted by Gasteiger charge is 2.39. The molecular formula is C30H32F3N3O. The number of benzene rings is 3. The molecule has 2 heterocycles. The predicted octanol–water partition coefficient (Wildman–Crippen LogP) is 5.69. The normalized spacial score (nSPS) is 20.9. The molecule has 4 nitrogen and oxygen atoms in total. The minimum Gasteiger partial charge on any atom is -0.369 e. The Hall–Kier alpha value is -3.32. The Morgan fingerprint density at radius 2 is 1.59 bits per heavy atom. The lowest BCUT2D eigenvalue weighted by molar-refractivity contribution is -0.137. The number of para-hydroxylation sites is 1. The molecule has 2 aliphatic heterocycles. The molecule has 2 saturated heterocycles. The number of rotatable bonds is 5. The fraction of sp³-hybridized carbons (Fsp3) is 0.367. The van der Waals surface area contributed by atoms with Crippen LogP contribution in [-0.4, -0.2) is 61.5 Å². The zero-order valence-corrected chi connectivity index (χ0v) is 21.0. The molecule has 3 aromatic carbocycles. The summed E-state index contributed by atoms with van der Waals surface area (Å²) in [5, 5.41) is 0. The summed E-state index contributed by atoms with van der Waals surface area (Å²) in [7, 11) is 0. The molecule has 5 rings (SSSR count). The van der Waals surface area contributed by atoms with Crippen molar-refractivity contribution >= 4 is 11.6 Å². The first kappa shape index (κ1) is 25.3. The van der Waals surface area contributed by atoms with Gasteiger partial charge in [0, 0.05) is 63.0 Å². The molecule has 7 heteroatoms. The van der Waals surface area contributed by atoms with Crippen molar-refractivity contribution in [2.75, 3.05) is 50.7 Å². The average molecular weight is 508 g/mol. The third kappa shape index (κ3) is 5.82. The van der Waals surface area contributed by atoms with Gasteiger partial charge in [0.1, 0.15) is 0 Å². The molecule has 2 atom stereocenters. The van der Waals surface area contributed by atoms with Gasteiger partial charge < -0.3 is 9.80 Å². The molecule has 2 aliphatic rings. The van der Waals surface area contributed by atoms with Crippen LogP contribution in [0.3, 0.4) is 0 Å². The molecule has 3 aromatic rings. The van der Waals surface area contributed by atoms with Gasteiger partial charge in [-0.25, -0.2) is 0 Å². The predicted molar refractivity (Wildman–Crippen MR) is 140 cm³/mol. The molecule has 1 amide bonds. The van der Waals surface area contributed by atoms with Crippen molar-refractivity contribution in [2.24, 2.45) is 5.92 Å². The number of carbonyl (C=O) groups is 1. The number of likely N-dealkylation sites (tertiary alicyclic amines) is 1. The summed E-state index contributed by atoms with van der Waals surface area (Å²) < 4.78 is 40.5. The third-order valence-electron chi connectivity index (χ3n) is 7.62. The number of halogens is 3. The molecule has 0 spiro atoms. The summed E-state index contributed by atoms with van der Waals surface area (Å²) in [6.07, 6.45) is -4.39. The molecule has 2 unspecified atom stereocenters. The molecule has 2 fully saturated rings. The van der Waals surface area contributed by atoms with Crippen LogP contribution in [0.4, 0.5) is 18.9 Å². The fourth-order valence-corrected chi connectivity index (χ4v) is 5.67. The molecule has 194 valence electrons. The maximum Gasteiger partial charge on any atom is 0.416 e. The minimum atomic E-state index is -4.39. The summed E-state index contributed by atoms with van der Waals surface area (Å²) in [5.74, 6) is -0.152. The Morgan fingerprint density at radius 3 is 2.30 bits per heavy atom. The molecule has 0 N–H and O–H groups in total. The smallest absolute Gasteiger partial charge is 0.369 e. The monoisotopic (exact) mass is 507 g/mol. The van der Waals surface area contributed by atoms with Gasteiger partial charge in [-0.2, -0.15) is 13.2 Å². The molecule has 0 aliphatic carbocycles. The van der Waals surface area contributed by atoms with Gasteiger partial charge >= 0.3 is 6.18 Å². The second-order valence-corrected chi connectivity index (χ2v) is 10.2. The number of anilines is 1. The van der Waals surface area contributed by atoms with E-state index in [-0.39, 0.29) is 17.7 Å². The topological polar surface area (TPSA) is 26.8 Å². The number of piperazine rings is 1. The van der Waals surface area contributed by atoms with Crippen molar-refractivity contribution in [1.82, 2.24) is 9.80 Å². The van der Waals surface area contributed by atoms with Crippen LogP contribution in [0.1, 0.15) is 33.0 Å². The Morgan fingerprint density at radius 1 is 0.865 bits per heavy atom. The maximum absolute atomic E-state index is 13.5. The van der Waals surface area contributed by atoms with Gasteiger partial charge in [0.2, 0.25) is 0 Å². The van der Waals surface area contributed by atoms with E-state index in [1.807, 2.05) is 54.3 Å². The van der Waals surface area contributed by atoms with E-state index in [0.29, 0.717) is 24.2 Å². The first-order valence-corrected chi connectivity index (χ1v) is 12.8. The summed E-state index contributed by atoms with van der Waals surface area (Å²) >= 11 is 0. The van der Waals surface area contributed by atoms with Gasteiger partial charge in [0.15, 0.2) is 0 Å². The standard InChI is InChI=1S/C30H32F3N3O/c1-22-7-5-9-24(17-22)29(37)36-20-25(28(21-36)23-8-6-10-26(18-23)30(31,32)33)19-34-13-15-35(16-14-34)27-11-3-2-4-12-27/h2-12,17-18,25,28H,13-16,19-21H2,1H3. The lowest BCUT2D eigenvalue weighted by Gasteiger charge is -2.38. The number of amides is 1. The molecule has 37 heavy (non-hydrogen) atoms. The largest absolute Gasteiger partial charge is 0.416 e. The molecular weight excluding hydrogens is 475 g/mol. The lowest BCUT2D eigenvalue weighted by atomic mass is 9.87. The van der Waals surface area contributed by atoms with Crippen LogP contribution in [0.15, 0.2) is 78.9 Å². The van der Waals surface area contributed by atoms with Crippen LogP contribution in [0.5, 0.6) is 0 Å². The number of carbonyl (C=O) groups excluding carboxylic acids is 1. The first-order valence-electron chi connectivity index (χ1n) is 12.8. The van der Waals surface area contributed by atoms with Crippen LogP contribution in [0.25, 0.3) is 0 Å². The Balaban J connectivity index is 1.34. The molecule has 0 bridgehead atoms. The van der Waals surface area contributed by atoms with E-state index in [1.165, 1.54) is 17.8 Å². The zero-order valence-electron chi connectivity index (χ0n) is 21.0. The third-order valence-corrected chi connectivity index (χ3v) is 7.62. The maximum atomic E-state index is 13.5. The van der Waals surface area contributed by atoms with E-state index in [9.17, 15) is 18.0 Å². The van der Waals surface area contributed by atoms with E-state index >= 15 is 0 Å². The summed E-state index contributed by atoms with van der Waals surface area (Å²) in [6.45, 7) is 7.22. The van der Waals surface area contributed by atoms with Gasteiger partial charge in [-0.3, -0.25) is 9.69 Å². The Bertz CT molecular complexity index is 1220. The highest BCUT2D eigenvalue weighted by atomic mass is 19.4.